The molecule has 1 N–H and O–H groups in total. The Labute approximate surface area is 118 Å². The van der Waals surface area contributed by atoms with Crippen molar-refractivity contribution in [2.45, 2.75) is 6.04 Å². The highest BCUT2D eigenvalue weighted by atomic mass is 79.9. The number of benzene rings is 1. The van der Waals surface area contributed by atoms with Crippen LogP contribution in [0, 0.1) is 0 Å². The van der Waals surface area contributed by atoms with Crippen molar-refractivity contribution in [3.63, 3.8) is 0 Å². The Morgan fingerprint density at radius 2 is 1.88 bits per heavy atom. The lowest BCUT2D eigenvalue weighted by Crippen LogP contribution is -2.18. The maximum atomic E-state index is 6.19. The van der Waals surface area contributed by atoms with Crippen LogP contribution < -0.4 is 5.32 Å². The maximum absolute atomic E-state index is 6.19. The summed E-state index contributed by atoms with van der Waals surface area (Å²) in [5, 5.41) is 4.37. The molecule has 0 saturated heterocycles. The summed E-state index contributed by atoms with van der Waals surface area (Å²) in [4.78, 5) is 0. The molecule has 90 valence electrons. The minimum absolute atomic E-state index is 0.180. The molecule has 2 rings (SSSR count). The summed E-state index contributed by atoms with van der Waals surface area (Å²) < 4.78 is 6.34. The van der Waals surface area contributed by atoms with Crippen LogP contribution in [0.4, 0.5) is 0 Å². The fourth-order valence-electron chi connectivity index (χ4n) is 1.70. The fourth-order valence-corrected chi connectivity index (χ4v) is 2.75. The lowest BCUT2D eigenvalue weighted by atomic mass is 10.0. The van der Waals surface area contributed by atoms with Crippen LogP contribution in [0.15, 0.2) is 39.4 Å². The van der Waals surface area contributed by atoms with Gasteiger partial charge in [0.2, 0.25) is 0 Å². The minimum atomic E-state index is -0.180. The molecule has 0 spiro atoms. The summed E-state index contributed by atoms with van der Waals surface area (Å²) in [5.74, 6) is 0.752. The van der Waals surface area contributed by atoms with Gasteiger partial charge in [0, 0.05) is 15.6 Å². The predicted molar refractivity (Wildman–Crippen MR) is 73.8 cm³/mol. The summed E-state index contributed by atoms with van der Waals surface area (Å²) in [6, 6.07) is 7.09. The van der Waals surface area contributed by atoms with Crippen molar-refractivity contribution < 1.29 is 4.42 Å². The molecular weight excluding hydrogens is 325 g/mol. The van der Waals surface area contributed by atoms with E-state index in [-0.39, 0.29) is 6.04 Å². The fraction of sp³-hybridized carbons (Fsp3) is 0.167. The van der Waals surface area contributed by atoms with E-state index in [9.17, 15) is 0 Å². The molecule has 1 atom stereocenters. The minimum Gasteiger partial charge on any atom is -0.466 e. The van der Waals surface area contributed by atoms with Crippen molar-refractivity contribution in [3.8, 4) is 0 Å². The number of halogens is 3. The van der Waals surface area contributed by atoms with Crippen LogP contribution >= 0.6 is 39.1 Å². The summed E-state index contributed by atoms with van der Waals surface area (Å²) in [6.45, 7) is 0. The van der Waals surface area contributed by atoms with Gasteiger partial charge >= 0.3 is 0 Å². The van der Waals surface area contributed by atoms with E-state index in [4.69, 9.17) is 27.6 Å². The zero-order chi connectivity index (χ0) is 12.4. The van der Waals surface area contributed by atoms with Crippen molar-refractivity contribution in [1.82, 2.24) is 5.32 Å². The van der Waals surface area contributed by atoms with Gasteiger partial charge in [-0.05, 0) is 41.2 Å². The van der Waals surface area contributed by atoms with Gasteiger partial charge < -0.3 is 9.73 Å². The van der Waals surface area contributed by atoms with Gasteiger partial charge in [-0.1, -0.05) is 29.3 Å². The Kier molecular flexibility index (Phi) is 4.15. The molecule has 0 radical (unpaired) electrons. The molecule has 2 aromatic rings. The van der Waals surface area contributed by atoms with Crippen molar-refractivity contribution in [3.05, 3.63) is 56.4 Å². The lowest BCUT2D eigenvalue weighted by Gasteiger charge is -2.17. The van der Waals surface area contributed by atoms with E-state index in [1.165, 1.54) is 0 Å². The van der Waals surface area contributed by atoms with Gasteiger partial charge in [-0.15, -0.1) is 0 Å². The monoisotopic (exact) mass is 333 g/mol. The average Bonchev–Trinajstić information content (AvgIpc) is 2.70. The van der Waals surface area contributed by atoms with E-state index in [0.717, 1.165) is 15.8 Å². The van der Waals surface area contributed by atoms with E-state index in [0.29, 0.717) is 10.0 Å². The third kappa shape index (κ3) is 2.52. The third-order valence-electron chi connectivity index (χ3n) is 2.48. The lowest BCUT2D eigenvalue weighted by molar-refractivity contribution is 0.461. The molecule has 0 fully saturated rings. The van der Waals surface area contributed by atoms with Gasteiger partial charge in [0.15, 0.2) is 0 Å². The Morgan fingerprint density at radius 3 is 2.35 bits per heavy atom. The molecule has 5 heteroatoms. The van der Waals surface area contributed by atoms with Gasteiger partial charge in [0.25, 0.3) is 0 Å². The van der Waals surface area contributed by atoms with Gasteiger partial charge in [-0.3, -0.25) is 0 Å². The molecule has 1 aromatic carbocycles. The third-order valence-corrected chi connectivity index (χ3v) is 3.80. The molecule has 0 saturated carbocycles. The second kappa shape index (κ2) is 5.44. The van der Waals surface area contributed by atoms with E-state index >= 15 is 0 Å². The molecule has 0 aliphatic heterocycles. The number of nitrogens with one attached hydrogen (secondary N) is 1. The number of hydrogen-bond acceptors (Lipinski definition) is 2. The first-order chi connectivity index (χ1) is 8.15. The SMILES string of the molecule is CNC(c1occc1Br)c1c(Cl)cccc1Cl. The molecule has 0 amide bonds. The van der Waals surface area contributed by atoms with Crippen LogP contribution in [0.5, 0.6) is 0 Å². The van der Waals surface area contributed by atoms with E-state index < -0.39 is 0 Å². The van der Waals surface area contributed by atoms with Gasteiger partial charge in [-0.2, -0.15) is 0 Å². The molecule has 2 nitrogen and oxygen atoms in total. The Morgan fingerprint density at radius 1 is 1.24 bits per heavy atom. The molecule has 0 bridgehead atoms. The van der Waals surface area contributed by atoms with Gasteiger partial charge in [-0.25, -0.2) is 0 Å². The van der Waals surface area contributed by atoms with Gasteiger partial charge in [0.1, 0.15) is 5.76 Å². The van der Waals surface area contributed by atoms with E-state index in [1.807, 2.05) is 31.3 Å². The smallest absolute Gasteiger partial charge is 0.139 e. The molecule has 17 heavy (non-hydrogen) atoms. The second-order valence-electron chi connectivity index (χ2n) is 3.49. The van der Waals surface area contributed by atoms with Crippen LogP contribution in [0.2, 0.25) is 10.0 Å². The molecule has 0 aliphatic carbocycles. The van der Waals surface area contributed by atoms with Crippen LogP contribution in [0.25, 0.3) is 0 Å². The highest BCUT2D eigenvalue weighted by molar-refractivity contribution is 9.10. The Bertz CT molecular complexity index is 507. The number of hydrogen-bond donors (Lipinski definition) is 1. The van der Waals surface area contributed by atoms with Crippen molar-refractivity contribution in [2.24, 2.45) is 0 Å². The maximum Gasteiger partial charge on any atom is 0.139 e. The summed E-state index contributed by atoms with van der Waals surface area (Å²) in [5.41, 5.74) is 0.814. The van der Waals surface area contributed by atoms with Crippen molar-refractivity contribution in [2.75, 3.05) is 7.05 Å². The molecule has 1 heterocycles. The Balaban J connectivity index is 2.53. The van der Waals surface area contributed by atoms with Crippen LogP contribution in [-0.2, 0) is 0 Å². The zero-order valence-corrected chi connectivity index (χ0v) is 12.1. The predicted octanol–water partition coefficient (Wildman–Crippen LogP) is 4.66. The van der Waals surface area contributed by atoms with Crippen LogP contribution in [0.1, 0.15) is 17.4 Å². The highest BCUT2D eigenvalue weighted by Gasteiger charge is 2.22. The second-order valence-corrected chi connectivity index (χ2v) is 5.16. The quantitative estimate of drug-likeness (QED) is 0.883. The van der Waals surface area contributed by atoms with Crippen molar-refractivity contribution >= 4 is 39.1 Å². The topological polar surface area (TPSA) is 25.2 Å². The largest absolute Gasteiger partial charge is 0.466 e. The Hall–Kier alpha value is -0.480. The number of furan rings is 1. The normalized spacial score (nSPS) is 12.7. The first-order valence-electron chi connectivity index (χ1n) is 4.99. The zero-order valence-electron chi connectivity index (χ0n) is 9.01. The highest BCUT2D eigenvalue weighted by Crippen LogP contribution is 2.36. The number of rotatable bonds is 3. The first kappa shape index (κ1) is 13.0. The van der Waals surface area contributed by atoms with Gasteiger partial charge in [0.05, 0.1) is 16.8 Å². The molecule has 0 aliphatic rings. The van der Waals surface area contributed by atoms with Crippen LogP contribution in [0.3, 0.4) is 0 Å². The molecular formula is C12H10BrCl2NO. The standard InChI is InChI=1S/C12H10BrCl2NO/c1-16-11(12-7(13)5-6-17-12)10-8(14)3-2-4-9(10)15/h2-6,11,16H,1H3. The molecule has 1 unspecified atom stereocenters. The average molecular weight is 335 g/mol. The summed E-state index contributed by atoms with van der Waals surface area (Å²) in [7, 11) is 1.83. The summed E-state index contributed by atoms with van der Waals surface area (Å²) >= 11 is 15.8. The summed E-state index contributed by atoms with van der Waals surface area (Å²) in [6.07, 6.45) is 1.62. The molecule has 1 aromatic heterocycles. The van der Waals surface area contributed by atoms with Crippen molar-refractivity contribution in [1.29, 1.82) is 0 Å². The van der Waals surface area contributed by atoms with E-state index in [1.54, 1.807) is 6.26 Å². The first-order valence-corrected chi connectivity index (χ1v) is 6.54. The van der Waals surface area contributed by atoms with E-state index in [2.05, 4.69) is 21.2 Å². The van der Waals surface area contributed by atoms with Crippen LogP contribution in [-0.4, -0.2) is 7.05 Å².